The van der Waals surface area contributed by atoms with Gasteiger partial charge >= 0.3 is 12.0 Å². The van der Waals surface area contributed by atoms with Gasteiger partial charge in [0.15, 0.2) is 5.13 Å². The number of nitrogens with zero attached hydrogens (tertiary/aromatic N) is 3. The number of fused-ring (bicyclic) bond motifs is 1. The van der Waals surface area contributed by atoms with E-state index in [2.05, 4.69) is 26.9 Å². The Morgan fingerprint density at radius 3 is 2.96 bits per heavy atom. The summed E-state index contributed by atoms with van der Waals surface area (Å²) in [6, 6.07) is 3.31. The van der Waals surface area contributed by atoms with Crippen LogP contribution >= 0.6 is 22.7 Å². The molecule has 3 N–H and O–H groups in total. The van der Waals surface area contributed by atoms with Crippen molar-refractivity contribution >= 4 is 43.9 Å². The molecule has 148 valence electrons. The van der Waals surface area contributed by atoms with Gasteiger partial charge in [-0.2, -0.15) is 8.78 Å². The molecule has 7 nitrogen and oxygen atoms in total. The number of nitrogens with two attached hydrogens (primary N) is 1. The van der Waals surface area contributed by atoms with E-state index >= 15 is 0 Å². The van der Waals surface area contributed by atoms with Crippen LogP contribution < -0.4 is 20.7 Å². The maximum Gasteiger partial charge on any atom is 0.482 e. The largest absolute Gasteiger partial charge is 0.482 e. The number of rotatable bonds is 5. The number of ether oxygens (including phenoxy) is 1. The summed E-state index contributed by atoms with van der Waals surface area (Å²) < 4.78 is 32.7. The average Bonchev–Trinajstić information content (AvgIpc) is 3.32. The third kappa shape index (κ3) is 3.52. The summed E-state index contributed by atoms with van der Waals surface area (Å²) in [5.41, 5.74) is 6.00. The van der Waals surface area contributed by atoms with E-state index in [9.17, 15) is 13.6 Å². The van der Waals surface area contributed by atoms with Gasteiger partial charge in [0.05, 0.1) is 10.2 Å². The molecular formula is C17H17F2N5O2S2. The normalized spacial score (nSPS) is 17.8. The lowest BCUT2D eigenvalue weighted by molar-refractivity contribution is -0.188. The van der Waals surface area contributed by atoms with Crippen molar-refractivity contribution in [3.05, 3.63) is 23.7 Å². The van der Waals surface area contributed by atoms with Crippen molar-refractivity contribution in [2.45, 2.75) is 19.1 Å². The van der Waals surface area contributed by atoms with Gasteiger partial charge in [-0.1, -0.05) is 11.3 Å². The lowest BCUT2D eigenvalue weighted by atomic mass is 10.2. The molecule has 0 bridgehead atoms. The Morgan fingerprint density at radius 2 is 2.29 bits per heavy atom. The number of carbonyl (C=O) groups is 1. The van der Waals surface area contributed by atoms with Crippen LogP contribution in [0.5, 0.6) is 5.75 Å². The van der Waals surface area contributed by atoms with E-state index in [-0.39, 0.29) is 11.8 Å². The molecule has 1 saturated heterocycles. The van der Waals surface area contributed by atoms with Gasteiger partial charge < -0.3 is 20.7 Å². The zero-order chi connectivity index (χ0) is 19.9. The smallest absolute Gasteiger partial charge is 0.424 e. The molecule has 1 amide bonds. The summed E-state index contributed by atoms with van der Waals surface area (Å²) in [6.07, 6.45) is -2.44. The molecule has 1 atom stereocenters. The van der Waals surface area contributed by atoms with Crippen molar-refractivity contribution in [2.24, 2.45) is 5.73 Å². The second-order valence-corrected chi connectivity index (χ2v) is 8.28. The summed E-state index contributed by atoms with van der Waals surface area (Å²) in [7, 11) is 0. The van der Waals surface area contributed by atoms with E-state index in [1.54, 1.807) is 12.3 Å². The Balaban J connectivity index is 1.82. The molecular weight excluding hydrogens is 408 g/mol. The van der Waals surface area contributed by atoms with Gasteiger partial charge in [0.25, 0.3) is 0 Å². The van der Waals surface area contributed by atoms with Crippen molar-refractivity contribution < 1.29 is 18.3 Å². The van der Waals surface area contributed by atoms with Crippen LogP contribution in [0.25, 0.3) is 20.8 Å². The van der Waals surface area contributed by atoms with Gasteiger partial charge in [0.1, 0.15) is 10.8 Å². The van der Waals surface area contributed by atoms with Crippen LogP contribution in [0.2, 0.25) is 0 Å². The number of halogens is 2. The molecule has 1 aliphatic heterocycles. The first-order valence-electron chi connectivity index (χ1n) is 8.53. The minimum absolute atomic E-state index is 0.133. The summed E-state index contributed by atoms with van der Waals surface area (Å²) >= 11 is 2.68. The Morgan fingerprint density at radius 1 is 1.46 bits per heavy atom. The number of alkyl halides is 2. The number of piperazine rings is 1. The molecule has 0 spiro atoms. The molecule has 3 heterocycles. The van der Waals surface area contributed by atoms with Gasteiger partial charge in [-0.3, -0.25) is 4.79 Å². The summed E-state index contributed by atoms with van der Waals surface area (Å²) in [4.78, 5) is 22.1. The van der Waals surface area contributed by atoms with Crippen molar-refractivity contribution in [2.75, 3.05) is 24.5 Å². The van der Waals surface area contributed by atoms with Crippen LogP contribution in [0.1, 0.15) is 6.92 Å². The highest BCUT2D eigenvalue weighted by Gasteiger charge is 2.40. The Kier molecular flexibility index (Phi) is 4.89. The maximum absolute atomic E-state index is 13.8. The van der Waals surface area contributed by atoms with Gasteiger partial charge in [-0.05, 0) is 19.1 Å². The zero-order valence-corrected chi connectivity index (χ0v) is 16.4. The van der Waals surface area contributed by atoms with E-state index in [0.29, 0.717) is 15.3 Å². The van der Waals surface area contributed by atoms with E-state index in [4.69, 9.17) is 10.7 Å². The molecule has 0 saturated carbocycles. The van der Waals surface area contributed by atoms with Crippen molar-refractivity contribution in [3.8, 4) is 16.3 Å². The third-order valence-corrected chi connectivity index (χ3v) is 6.26. The topological polar surface area (TPSA) is 93.4 Å². The fourth-order valence-electron chi connectivity index (χ4n) is 3.01. The number of primary amides is 1. The SMILES string of the molecule is C[C@H]1CN(c2nc3c(-c4nccs4)ccc(OC(F)(F)C(N)=O)c3s2)CCN1. The number of hydrogen-bond donors (Lipinski definition) is 2. The molecule has 2 aromatic heterocycles. The third-order valence-electron chi connectivity index (χ3n) is 4.32. The number of aromatic nitrogens is 2. The number of carbonyl (C=O) groups excluding carboxylic acids is 1. The second kappa shape index (κ2) is 7.22. The number of benzene rings is 1. The Labute approximate surface area is 167 Å². The van der Waals surface area contributed by atoms with E-state index < -0.39 is 12.0 Å². The summed E-state index contributed by atoms with van der Waals surface area (Å²) in [6.45, 7) is 4.38. The van der Waals surface area contributed by atoms with Gasteiger partial charge in [-0.15, -0.1) is 11.3 Å². The predicted molar refractivity (Wildman–Crippen MR) is 105 cm³/mol. The van der Waals surface area contributed by atoms with Crippen LogP contribution in [-0.2, 0) is 4.79 Å². The predicted octanol–water partition coefficient (Wildman–Crippen LogP) is 2.67. The number of hydrogen-bond acceptors (Lipinski definition) is 8. The van der Waals surface area contributed by atoms with Crippen LogP contribution in [0.4, 0.5) is 13.9 Å². The fraction of sp³-hybridized carbons (Fsp3) is 0.353. The molecule has 0 radical (unpaired) electrons. The summed E-state index contributed by atoms with van der Waals surface area (Å²) in [5, 5.41) is 6.62. The van der Waals surface area contributed by atoms with Crippen LogP contribution in [0.15, 0.2) is 23.7 Å². The van der Waals surface area contributed by atoms with Crippen LogP contribution in [0, 0.1) is 0 Å². The van der Waals surface area contributed by atoms with Crippen molar-refractivity contribution in [3.63, 3.8) is 0 Å². The Bertz CT molecular complexity index is 1010. The molecule has 0 unspecified atom stereocenters. The molecule has 1 aliphatic rings. The number of nitrogens with one attached hydrogen (secondary N) is 1. The highest BCUT2D eigenvalue weighted by atomic mass is 32.1. The highest BCUT2D eigenvalue weighted by Crippen LogP contribution is 2.42. The van der Waals surface area contributed by atoms with Crippen LogP contribution in [-0.4, -0.2) is 47.7 Å². The van der Waals surface area contributed by atoms with Gasteiger partial charge in [0.2, 0.25) is 0 Å². The van der Waals surface area contributed by atoms with Crippen molar-refractivity contribution in [1.82, 2.24) is 15.3 Å². The lowest BCUT2D eigenvalue weighted by Gasteiger charge is -2.31. The summed E-state index contributed by atoms with van der Waals surface area (Å²) in [5.74, 6) is -1.98. The number of thiazole rings is 2. The van der Waals surface area contributed by atoms with E-state index in [1.807, 2.05) is 5.38 Å². The molecule has 28 heavy (non-hydrogen) atoms. The fourth-order valence-corrected chi connectivity index (χ4v) is 4.75. The van der Waals surface area contributed by atoms with Crippen molar-refractivity contribution in [1.29, 1.82) is 0 Å². The van der Waals surface area contributed by atoms with Gasteiger partial charge in [0, 0.05) is 42.8 Å². The highest BCUT2D eigenvalue weighted by molar-refractivity contribution is 7.22. The molecule has 4 rings (SSSR count). The lowest BCUT2D eigenvalue weighted by Crippen LogP contribution is -2.49. The first kappa shape index (κ1) is 19.0. The Hall–Kier alpha value is -2.37. The first-order valence-corrected chi connectivity index (χ1v) is 10.2. The van der Waals surface area contributed by atoms with Crippen LogP contribution in [0.3, 0.4) is 0 Å². The quantitative estimate of drug-likeness (QED) is 0.653. The minimum Gasteiger partial charge on any atom is -0.424 e. The number of amides is 1. The minimum atomic E-state index is -4.11. The maximum atomic E-state index is 13.8. The van der Waals surface area contributed by atoms with E-state index in [1.165, 1.54) is 28.7 Å². The average molecular weight is 425 g/mol. The molecule has 0 aliphatic carbocycles. The standard InChI is InChI=1S/C17H17F2N5O2S2/c1-9-8-24(6-4-21-9)16-23-12-10(14-22-5-7-27-14)2-3-11(13(12)28-16)26-17(18,19)15(20)25/h2-3,5,7,9,21H,4,6,8H2,1H3,(H2,20,25)/t9-/m0/s1. The first-order chi connectivity index (χ1) is 13.3. The van der Waals surface area contributed by atoms with E-state index in [0.717, 1.165) is 30.2 Å². The number of anilines is 1. The molecule has 11 heteroatoms. The molecule has 3 aromatic rings. The monoisotopic (exact) mass is 425 g/mol. The molecule has 1 fully saturated rings. The molecule has 1 aromatic carbocycles. The second-order valence-electron chi connectivity index (χ2n) is 6.41. The zero-order valence-electron chi connectivity index (χ0n) is 14.8. The van der Waals surface area contributed by atoms with Gasteiger partial charge in [-0.25, -0.2) is 9.97 Å².